The van der Waals surface area contributed by atoms with Crippen LogP contribution in [-0.2, 0) is 4.79 Å². The summed E-state index contributed by atoms with van der Waals surface area (Å²) < 4.78 is 0. The molecule has 8 heteroatoms. The van der Waals surface area contributed by atoms with Crippen LogP contribution in [0.4, 0.5) is 17.1 Å². The molecule has 0 aliphatic carbocycles. The Balaban J connectivity index is 1.59. The summed E-state index contributed by atoms with van der Waals surface area (Å²) in [7, 11) is 0. The standard InChI is InChI=1S/C22H19N3O4S/c1-15-5-2-7-17(11-15)23-21(26)14-30-20-10-4-8-18(13-20)24-22(27)16-6-3-9-19(12-16)25(28)29/h2-13H,14H2,1H3,(H,23,26)(H,24,27). The average Bonchev–Trinajstić information content (AvgIpc) is 2.72. The molecule has 2 N–H and O–H groups in total. The number of non-ortho nitro benzene ring substituents is 1. The van der Waals surface area contributed by atoms with Crippen molar-refractivity contribution in [3.05, 3.63) is 94.0 Å². The van der Waals surface area contributed by atoms with Gasteiger partial charge in [0, 0.05) is 34.0 Å². The lowest BCUT2D eigenvalue weighted by Crippen LogP contribution is -2.14. The summed E-state index contributed by atoms with van der Waals surface area (Å²) in [6.07, 6.45) is 0. The number of carbonyl (C=O) groups excluding carboxylic acids is 2. The van der Waals surface area contributed by atoms with Gasteiger partial charge in [0.25, 0.3) is 11.6 Å². The molecule has 0 saturated carbocycles. The van der Waals surface area contributed by atoms with E-state index in [1.54, 1.807) is 18.2 Å². The number of nitro groups is 1. The Kier molecular flexibility index (Phi) is 6.82. The third kappa shape index (κ3) is 5.92. The Morgan fingerprint density at radius 1 is 0.933 bits per heavy atom. The van der Waals surface area contributed by atoms with E-state index in [0.29, 0.717) is 5.69 Å². The van der Waals surface area contributed by atoms with Crippen LogP contribution in [0.15, 0.2) is 77.7 Å². The first-order chi connectivity index (χ1) is 14.4. The maximum absolute atomic E-state index is 12.4. The van der Waals surface area contributed by atoms with E-state index in [2.05, 4.69) is 10.6 Å². The Labute approximate surface area is 177 Å². The van der Waals surface area contributed by atoms with Gasteiger partial charge in [-0.3, -0.25) is 19.7 Å². The second-order valence-electron chi connectivity index (χ2n) is 6.50. The number of nitro benzene ring substituents is 1. The van der Waals surface area contributed by atoms with Gasteiger partial charge in [0.05, 0.1) is 10.7 Å². The summed E-state index contributed by atoms with van der Waals surface area (Å²) in [4.78, 5) is 35.7. The molecular weight excluding hydrogens is 402 g/mol. The van der Waals surface area contributed by atoms with Crippen LogP contribution in [0.1, 0.15) is 15.9 Å². The number of nitrogens with zero attached hydrogens (tertiary/aromatic N) is 1. The largest absolute Gasteiger partial charge is 0.325 e. The quantitative estimate of drug-likeness (QED) is 0.321. The van der Waals surface area contributed by atoms with Gasteiger partial charge < -0.3 is 10.6 Å². The smallest absolute Gasteiger partial charge is 0.270 e. The van der Waals surface area contributed by atoms with E-state index in [1.165, 1.54) is 36.0 Å². The van der Waals surface area contributed by atoms with Crippen molar-refractivity contribution in [2.75, 3.05) is 16.4 Å². The molecular formula is C22H19N3O4S. The minimum atomic E-state index is -0.546. The zero-order valence-electron chi connectivity index (χ0n) is 16.1. The Morgan fingerprint density at radius 2 is 1.63 bits per heavy atom. The molecule has 30 heavy (non-hydrogen) atoms. The van der Waals surface area contributed by atoms with Crippen LogP contribution in [-0.4, -0.2) is 22.5 Å². The SMILES string of the molecule is Cc1cccc(NC(=O)CSc2cccc(NC(=O)c3cccc([N+](=O)[O-])c3)c2)c1. The number of nitrogens with one attached hydrogen (secondary N) is 2. The molecule has 0 saturated heterocycles. The third-order valence-electron chi connectivity index (χ3n) is 4.08. The number of hydrogen-bond acceptors (Lipinski definition) is 5. The van der Waals surface area contributed by atoms with E-state index in [4.69, 9.17) is 0 Å². The van der Waals surface area contributed by atoms with E-state index in [9.17, 15) is 19.7 Å². The van der Waals surface area contributed by atoms with Gasteiger partial charge in [-0.05, 0) is 48.9 Å². The Hall–Kier alpha value is -3.65. The molecule has 0 atom stereocenters. The molecule has 0 fully saturated rings. The van der Waals surface area contributed by atoms with Gasteiger partial charge in [-0.15, -0.1) is 11.8 Å². The van der Waals surface area contributed by atoms with E-state index in [-0.39, 0.29) is 22.9 Å². The maximum atomic E-state index is 12.4. The van der Waals surface area contributed by atoms with Crippen LogP contribution in [0, 0.1) is 17.0 Å². The molecule has 0 radical (unpaired) electrons. The predicted molar refractivity (Wildman–Crippen MR) is 118 cm³/mol. The van der Waals surface area contributed by atoms with Crippen molar-refractivity contribution in [3.8, 4) is 0 Å². The molecule has 3 aromatic rings. The molecule has 0 heterocycles. The fourth-order valence-corrected chi connectivity index (χ4v) is 3.45. The summed E-state index contributed by atoms with van der Waals surface area (Å²) in [5.41, 5.74) is 2.40. The molecule has 3 rings (SSSR count). The highest BCUT2D eigenvalue weighted by Gasteiger charge is 2.12. The van der Waals surface area contributed by atoms with Gasteiger partial charge in [-0.25, -0.2) is 0 Å². The van der Waals surface area contributed by atoms with Crippen molar-refractivity contribution in [3.63, 3.8) is 0 Å². The second-order valence-corrected chi connectivity index (χ2v) is 7.54. The fourth-order valence-electron chi connectivity index (χ4n) is 2.70. The zero-order valence-corrected chi connectivity index (χ0v) is 16.9. The van der Waals surface area contributed by atoms with Gasteiger partial charge in [-0.1, -0.05) is 24.3 Å². The normalized spacial score (nSPS) is 10.3. The summed E-state index contributed by atoms with van der Waals surface area (Å²) >= 11 is 1.34. The van der Waals surface area contributed by atoms with Crippen LogP contribution in [0.2, 0.25) is 0 Å². The van der Waals surface area contributed by atoms with Crippen LogP contribution >= 0.6 is 11.8 Å². The summed E-state index contributed by atoms with van der Waals surface area (Å²) in [5.74, 6) is -0.356. The van der Waals surface area contributed by atoms with Crippen LogP contribution in [0.25, 0.3) is 0 Å². The number of carbonyl (C=O) groups is 2. The fraction of sp³-hybridized carbons (Fsp3) is 0.0909. The molecule has 0 aliphatic heterocycles. The van der Waals surface area contributed by atoms with E-state index in [0.717, 1.165) is 16.1 Å². The molecule has 0 aliphatic rings. The number of rotatable bonds is 7. The first-order valence-electron chi connectivity index (χ1n) is 9.06. The Bertz CT molecular complexity index is 1100. The van der Waals surface area contributed by atoms with E-state index >= 15 is 0 Å². The number of aryl methyl sites for hydroxylation is 1. The average molecular weight is 421 g/mol. The van der Waals surface area contributed by atoms with Crippen LogP contribution < -0.4 is 10.6 Å². The number of hydrogen-bond donors (Lipinski definition) is 2. The van der Waals surface area contributed by atoms with Crippen molar-refractivity contribution < 1.29 is 14.5 Å². The zero-order chi connectivity index (χ0) is 21.5. The summed E-state index contributed by atoms with van der Waals surface area (Å²) in [5, 5.41) is 16.5. The third-order valence-corrected chi connectivity index (χ3v) is 5.08. The van der Waals surface area contributed by atoms with Crippen LogP contribution in [0.3, 0.4) is 0 Å². The number of amides is 2. The van der Waals surface area contributed by atoms with Gasteiger partial charge in [0.1, 0.15) is 0 Å². The number of benzene rings is 3. The first kappa shape index (κ1) is 21.1. The molecule has 2 amide bonds. The van der Waals surface area contributed by atoms with Gasteiger partial charge >= 0.3 is 0 Å². The predicted octanol–water partition coefficient (Wildman–Crippen LogP) is 4.89. The highest BCUT2D eigenvalue weighted by Crippen LogP contribution is 2.23. The number of thioether (sulfide) groups is 1. The van der Waals surface area contributed by atoms with Gasteiger partial charge in [0.15, 0.2) is 0 Å². The molecule has 0 spiro atoms. The summed E-state index contributed by atoms with van der Waals surface area (Å²) in [6.45, 7) is 1.96. The van der Waals surface area contributed by atoms with Crippen molar-refractivity contribution in [1.82, 2.24) is 0 Å². The lowest BCUT2D eigenvalue weighted by molar-refractivity contribution is -0.384. The van der Waals surface area contributed by atoms with Crippen molar-refractivity contribution in [2.24, 2.45) is 0 Å². The highest BCUT2D eigenvalue weighted by molar-refractivity contribution is 8.00. The molecule has 0 bridgehead atoms. The first-order valence-corrected chi connectivity index (χ1v) is 10.0. The lowest BCUT2D eigenvalue weighted by atomic mass is 10.2. The van der Waals surface area contributed by atoms with E-state index < -0.39 is 10.8 Å². The monoisotopic (exact) mass is 421 g/mol. The van der Waals surface area contributed by atoms with Gasteiger partial charge in [-0.2, -0.15) is 0 Å². The van der Waals surface area contributed by atoms with Crippen molar-refractivity contribution in [2.45, 2.75) is 11.8 Å². The minimum absolute atomic E-state index is 0.128. The Morgan fingerprint density at radius 3 is 2.37 bits per heavy atom. The topological polar surface area (TPSA) is 101 Å². The minimum Gasteiger partial charge on any atom is -0.325 e. The van der Waals surface area contributed by atoms with E-state index in [1.807, 2.05) is 37.3 Å². The molecule has 152 valence electrons. The van der Waals surface area contributed by atoms with Gasteiger partial charge in [0.2, 0.25) is 5.91 Å². The molecule has 0 unspecified atom stereocenters. The molecule has 3 aromatic carbocycles. The van der Waals surface area contributed by atoms with Crippen molar-refractivity contribution >= 4 is 40.6 Å². The lowest BCUT2D eigenvalue weighted by Gasteiger charge is -2.08. The maximum Gasteiger partial charge on any atom is 0.270 e. The molecule has 7 nitrogen and oxygen atoms in total. The summed E-state index contributed by atoms with van der Waals surface area (Å²) in [6, 6.07) is 20.2. The number of anilines is 2. The molecule has 0 aromatic heterocycles. The van der Waals surface area contributed by atoms with Crippen LogP contribution in [0.5, 0.6) is 0 Å². The second kappa shape index (κ2) is 9.71. The van der Waals surface area contributed by atoms with Crippen molar-refractivity contribution in [1.29, 1.82) is 0 Å². The highest BCUT2D eigenvalue weighted by atomic mass is 32.2.